The Morgan fingerprint density at radius 3 is 1.79 bits per heavy atom. The lowest BCUT2D eigenvalue weighted by Gasteiger charge is -2.45. The van der Waals surface area contributed by atoms with Gasteiger partial charge in [0, 0.05) is 22.5 Å². The van der Waals surface area contributed by atoms with Gasteiger partial charge in [0.25, 0.3) is 5.91 Å². The van der Waals surface area contributed by atoms with Crippen LogP contribution in [-0.4, -0.2) is 17.7 Å². The van der Waals surface area contributed by atoms with Crippen molar-refractivity contribution in [1.29, 1.82) is 0 Å². The van der Waals surface area contributed by atoms with Crippen LogP contribution in [0.3, 0.4) is 0 Å². The summed E-state index contributed by atoms with van der Waals surface area (Å²) in [6, 6.07) is 28.4. The molecule has 6 heteroatoms. The number of nitrogens with one attached hydrogen (secondary N) is 1. The highest BCUT2D eigenvalue weighted by Crippen LogP contribution is 2.61. The third kappa shape index (κ3) is 3.15. The van der Waals surface area contributed by atoms with Gasteiger partial charge in [0.1, 0.15) is 0 Å². The largest absolute Gasteiger partial charge is 0.322 e. The highest BCUT2D eigenvalue weighted by atomic mass is 35.5. The average molecular weight is 519 g/mol. The van der Waals surface area contributed by atoms with Gasteiger partial charge >= 0.3 is 0 Å². The van der Waals surface area contributed by atoms with E-state index in [0.29, 0.717) is 16.4 Å². The lowest BCUT2D eigenvalue weighted by Crippen LogP contribution is -2.41. The lowest BCUT2D eigenvalue weighted by atomic mass is 9.55. The summed E-state index contributed by atoms with van der Waals surface area (Å²) in [6.07, 6.45) is 0. The normalized spacial score (nSPS) is 22.6. The van der Waals surface area contributed by atoms with E-state index in [1.54, 1.807) is 36.4 Å². The Morgan fingerprint density at radius 2 is 1.24 bits per heavy atom. The van der Waals surface area contributed by atoms with E-state index < -0.39 is 17.7 Å². The van der Waals surface area contributed by atoms with Gasteiger partial charge in [0.2, 0.25) is 11.8 Å². The molecule has 0 aromatic heterocycles. The Morgan fingerprint density at radius 1 is 0.737 bits per heavy atom. The number of hydrogen-bond acceptors (Lipinski definition) is 3. The fourth-order valence-electron chi connectivity index (χ4n) is 6.69. The van der Waals surface area contributed by atoms with Crippen LogP contribution in [0.5, 0.6) is 0 Å². The summed E-state index contributed by atoms with van der Waals surface area (Å²) < 4.78 is 0. The maximum Gasteiger partial charge on any atom is 0.257 e. The number of hydrogen-bond donors (Lipinski definition) is 1. The number of imide groups is 1. The molecule has 0 radical (unpaired) electrons. The average Bonchev–Trinajstić information content (AvgIpc) is 3.20. The van der Waals surface area contributed by atoms with Crippen LogP contribution in [0.1, 0.15) is 50.0 Å². The van der Waals surface area contributed by atoms with Crippen molar-refractivity contribution in [1.82, 2.24) is 0 Å². The molecule has 0 saturated carbocycles. The first-order valence-electron chi connectivity index (χ1n) is 12.7. The second kappa shape index (κ2) is 8.40. The van der Waals surface area contributed by atoms with Crippen molar-refractivity contribution < 1.29 is 14.4 Å². The molecule has 4 aromatic rings. The van der Waals surface area contributed by atoms with Crippen LogP contribution >= 0.6 is 11.6 Å². The number of carbonyl (C=O) groups excluding carboxylic acids is 3. The molecule has 0 spiro atoms. The van der Waals surface area contributed by atoms with Crippen LogP contribution < -0.4 is 10.2 Å². The van der Waals surface area contributed by atoms with Gasteiger partial charge in [-0.3, -0.25) is 14.4 Å². The van der Waals surface area contributed by atoms with Crippen molar-refractivity contribution in [2.24, 2.45) is 11.8 Å². The first kappa shape index (κ1) is 22.9. The minimum Gasteiger partial charge on any atom is -0.322 e. The van der Waals surface area contributed by atoms with Gasteiger partial charge in [-0.15, -0.1) is 0 Å². The molecule has 2 atom stereocenters. The Bertz CT molecular complexity index is 1560. The molecule has 0 unspecified atom stereocenters. The van der Waals surface area contributed by atoms with Gasteiger partial charge in [0.05, 0.1) is 23.1 Å². The monoisotopic (exact) mass is 518 g/mol. The Balaban J connectivity index is 1.32. The second-order valence-corrected chi connectivity index (χ2v) is 10.6. The third-order valence-corrected chi connectivity index (χ3v) is 8.52. The van der Waals surface area contributed by atoms with Crippen LogP contribution in [0.4, 0.5) is 11.4 Å². The zero-order chi connectivity index (χ0) is 26.1. The maximum absolute atomic E-state index is 14.1. The Hall–Kier alpha value is -4.22. The summed E-state index contributed by atoms with van der Waals surface area (Å²) in [7, 11) is 0. The van der Waals surface area contributed by atoms with Gasteiger partial charge in [0.15, 0.2) is 0 Å². The lowest BCUT2D eigenvalue weighted by molar-refractivity contribution is -0.122. The van der Waals surface area contributed by atoms with Crippen LogP contribution in [-0.2, 0) is 9.59 Å². The standard InChI is InChI=1S/C32H23ClN2O3/c1-17-14-15-18(33)16-24(17)34-30(36)23-12-6-7-13-25(23)35-31(37)28-26-19-8-2-3-9-20(19)27(29(28)32(35)38)22-11-5-4-10-21(22)26/h2-16,26-29H,1H3,(H,34,36)/t26?,27?,28-,29-/m0/s1. The third-order valence-electron chi connectivity index (χ3n) is 8.29. The van der Waals surface area contributed by atoms with Gasteiger partial charge in [-0.25, -0.2) is 4.90 Å². The zero-order valence-electron chi connectivity index (χ0n) is 20.5. The predicted octanol–water partition coefficient (Wildman–Crippen LogP) is 6.30. The highest BCUT2D eigenvalue weighted by molar-refractivity contribution is 6.31. The number of rotatable bonds is 3. The molecule has 4 aliphatic rings. The Kier molecular flexibility index (Phi) is 5.07. The van der Waals surface area contributed by atoms with Crippen molar-refractivity contribution >= 4 is 40.7 Å². The van der Waals surface area contributed by atoms with Gasteiger partial charge < -0.3 is 5.32 Å². The molecule has 5 nitrogen and oxygen atoms in total. The molecule has 1 N–H and O–H groups in total. The van der Waals surface area contributed by atoms with Crippen LogP contribution in [0.25, 0.3) is 0 Å². The smallest absolute Gasteiger partial charge is 0.257 e. The summed E-state index contributed by atoms with van der Waals surface area (Å²) in [5.74, 6) is -2.33. The SMILES string of the molecule is Cc1ccc(Cl)cc1NC(=O)c1ccccc1N1C(=O)[C@H]2C3c4ccccc4C(c4ccccc43)[C@@H]2C1=O. The molecule has 1 saturated heterocycles. The predicted molar refractivity (Wildman–Crippen MR) is 147 cm³/mol. The second-order valence-electron chi connectivity index (χ2n) is 10.2. The van der Waals surface area contributed by atoms with E-state index in [2.05, 4.69) is 29.6 Å². The molecule has 4 aromatic carbocycles. The fourth-order valence-corrected chi connectivity index (χ4v) is 6.87. The molecule has 1 fully saturated rings. The molecule has 2 bridgehead atoms. The summed E-state index contributed by atoms with van der Waals surface area (Å²) >= 11 is 6.15. The molecule has 3 amide bonds. The summed E-state index contributed by atoms with van der Waals surface area (Å²) in [5, 5.41) is 3.41. The number of anilines is 2. The molecule has 186 valence electrons. The molecule has 8 rings (SSSR count). The van der Waals surface area contributed by atoms with Gasteiger partial charge in [-0.05, 0) is 59.0 Å². The van der Waals surface area contributed by atoms with Crippen molar-refractivity contribution in [2.45, 2.75) is 18.8 Å². The number of benzene rings is 4. The van der Waals surface area contributed by atoms with E-state index in [1.807, 2.05) is 37.3 Å². The number of carbonyl (C=O) groups is 3. The number of halogens is 1. The topological polar surface area (TPSA) is 66.5 Å². The quantitative estimate of drug-likeness (QED) is 0.324. The first-order valence-corrected chi connectivity index (χ1v) is 13.1. The van der Waals surface area contributed by atoms with E-state index in [9.17, 15) is 14.4 Å². The number of amides is 3. The van der Waals surface area contributed by atoms with E-state index in [0.717, 1.165) is 27.8 Å². The minimum absolute atomic E-state index is 0.200. The maximum atomic E-state index is 14.1. The van der Waals surface area contributed by atoms with Crippen molar-refractivity contribution in [3.8, 4) is 0 Å². The number of aryl methyl sites for hydroxylation is 1. The van der Waals surface area contributed by atoms with E-state index in [-0.39, 0.29) is 29.2 Å². The summed E-state index contributed by atoms with van der Waals surface area (Å²) in [6.45, 7) is 1.88. The fraction of sp³-hybridized carbons (Fsp3) is 0.156. The number of nitrogens with zero attached hydrogens (tertiary/aromatic N) is 1. The van der Waals surface area contributed by atoms with E-state index >= 15 is 0 Å². The van der Waals surface area contributed by atoms with Gasteiger partial charge in [-0.2, -0.15) is 0 Å². The number of para-hydroxylation sites is 1. The summed E-state index contributed by atoms with van der Waals surface area (Å²) in [4.78, 5) is 43.0. The molecule has 38 heavy (non-hydrogen) atoms. The zero-order valence-corrected chi connectivity index (χ0v) is 21.3. The molecular weight excluding hydrogens is 496 g/mol. The van der Waals surface area contributed by atoms with Gasteiger partial charge in [-0.1, -0.05) is 78.3 Å². The summed E-state index contributed by atoms with van der Waals surface area (Å²) in [5.41, 5.74) is 6.45. The van der Waals surface area contributed by atoms with Crippen LogP contribution in [0.2, 0.25) is 5.02 Å². The molecular formula is C32H23ClN2O3. The van der Waals surface area contributed by atoms with Crippen molar-refractivity contribution in [3.63, 3.8) is 0 Å². The van der Waals surface area contributed by atoms with E-state index in [4.69, 9.17) is 11.6 Å². The van der Waals surface area contributed by atoms with E-state index in [1.165, 1.54) is 4.90 Å². The molecule has 3 aliphatic carbocycles. The minimum atomic E-state index is -0.511. The van der Waals surface area contributed by atoms with Crippen molar-refractivity contribution in [3.05, 3.63) is 129 Å². The first-order chi connectivity index (χ1) is 18.5. The molecule has 1 heterocycles. The Labute approximate surface area is 225 Å². The van der Waals surface area contributed by atoms with Crippen LogP contribution in [0.15, 0.2) is 91.0 Å². The van der Waals surface area contributed by atoms with Crippen molar-refractivity contribution in [2.75, 3.05) is 10.2 Å². The van der Waals surface area contributed by atoms with Crippen LogP contribution in [0, 0.1) is 18.8 Å². The molecule has 1 aliphatic heterocycles. The highest BCUT2D eigenvalue weighted by Gasteiger charge is 2.62.